The van der Waals surface area contributed by atoms with Crippen LogP contribution in [0.1, 0.15) is 16.1 Å². The molecule has 0 bridgehead atoms. The maximum atomic E-state index is 12.0. The van der Waals surface area contributed by atoms with Crippen LogP contribution in [-0.4, -0.2) is 10.8 Å². The van der Waals surface area contributed by atoms with Crippen LogP contribution in [0.2, 0.25) is 0 Å². The number of Topliss-reactive ketones (excluding diaryl/α,β-unsaturated/α-hetero) is 1. The van der Waals surface area contributed by atoms with E-state index in [2.05, 4.69) is 4.98 Å². The molecule has 0 aliphatic heterocycles. The summed E-state index contributed by atoms with van der Waals surface area (Å²) in [5.41, 5.74) is 0.920. The molecule has 98 valence electrons. The van der Waals surface area contributed by atoms with Crippen molar-refractivity contribution in [2.24, 2.45) is 0 Å². The van der Waals surface area contributed by atoms with E-state index in [1.165, 1.54) is 6.20 Å². The SMILES string of the molecule is O=C(C[n+]1ccnc(C(Cl)(Cl)Cl)c1)c1ccccc1. The first kappa shape index (κ1) is 14.3. The van der Waals surface area contributed by atoms with E-state index in [1.54, 1.807) is 29.1 Å². The molecule has 0 saturated heterocycles. The Bertz CT molecular complexity index is 582. The van der Waals surface area contributed by atoms with Gasteiger partial charge in [0.15, 0.2) is 18.1 Å². The van der Waals surface area contributed by atoms with E-state index in [4.69, 9.17) is 34.8 Å². The van der Waals surface area contributed by atoms with Crippen molar-refractivity contribution in [3.8, 4) is 0 Å². The second-order valence-corrected chi connectivity index (χ2v) is 6.18. The van der Waals surface area contributed by atoms with E-state index >= 15 is 0 Å². The van der Waals surface area contributed by atoms with Gasteiger partial charge in [0.1, 0.15) is 0 Å². The number of nitrogens with zero attached hydrogens (tertiary/aromatic N) is 2. The van der Waals surface area contributed by atoms with Gasteiger partial charge in [0.05, 0.1) is 6.20 Å². The van der Waals surface area contributed by atoms with Crippen molar-refractivity contribution in [3.63, 3.8) is 0 Å². The zero-order chi connectivity index (χ0) is 13.9. The van der Waals surface area contributed by atoms with Gasteiger partial charge in [0, 0.05) is 5.56 Å². The predicted octanol–water partition coefficient (Wildman–Crippen LogP) is 3.08. The monoisotopic (exact) mass is 315 g/mol. The number of rotatable bonds is 3. The van der Waals surface area contributed by atoms with Crippen LogP contribution in [0.3, 0.4) is 0 Å². The third-order valence-corrected chi connectivity index (χ3v) is 3.05. The Balaban J connectivity index is 2.18. The smallest absolute Gasteiger partial charge is 0.238 e. The lowest BCUT2D eigenvalue weighted by Crippen LogP contribution is -2.38. The Hall–Kier alpha value is -1.16. The molecule has 0 N–H and O–H groups in total. The number of aromatic nitrogens is 2. The zero-order valence-corrected chi connectivity index (χ0v) is 12.0. The van der Waals surface area contributed by atoms with Gasteiger partial charge in [-0.2, -0.15) is 4.57 Å². The molecule has 1 aromatic heterocycles. The number of carbonyl (C=O) groups excluding carboxylic acids is 1. The minimum absolute atomic E-state index is 0.0212. The van der Waals surface area contributed by atoms with Crippen LogP contribution >= 0.6 is 34.8 Å². The van der Waals surface area contributed by atoms with Gasteiger partial charge in [-0.05, 0) is 0 Å². The molecule has 0 amide bonds. The lowest BCUT2D eigenvalue weighted by atomic mass is 10.1. The largest absolute Gasteiger partial charge is 0.287 e. The summed E-state index contributed by atoms with van der Waals surface area (Å²) in [5.74, 6) is -0.0212. The van der Waals surface area contributed by atoms with Crippen LogP contribution in [-0.2, 0) is 10.3 Å². The maximum absolute atomic E-state index is 12.0. The van der Waals surface area contributed by atoms with Gasteiger partial charge >= 0.3 is 0 Å². The van der Waals surface area contributed by atoms with Gasteiger partial charge in [0.2, 0.25) is 16.1 Å². The third-order valence-electron chi connectivity index (χ3n) is 2.47. The molecule has 2 rings (SSSR count). The van der Waals surface area contributed by atoms with Crippen molar-refractivity contribution in [3.05, 3.63) is 60.2 Å². The number of hydrogen-bond acceptors (Lipinski definition) is 2. The van der Waals surface area contributed by atoms with E-state index in [-0.39, 0.29) is 18.0 Å². The van der Waals surface area contributed by atoms with Gasteiger partial charge in [-0.1, -0.05) is 65.1 Å². The summed E-state index contributed by atoms with van der Waals surface area (Å²) >= 11 is 17.3. The number of alkyl halides is 3. The van der Waals surface area contributed by atoms with Crippen molar-refractivity contribution >= 4 is 40.6 Å². The maximum Gasteiger partial charge on any atom is 0.238 e. The van der Waals surface area contributed by atoms with Gasteiger partial charge < -0.3 is 0 Å². The number of halogens is 3. The molecule has 1 heterocycles. The molecular formula is C13H10Cl3N2O+. The first-order valence-corrected chi connectivity index (χ1v) is 6.61. The number of benzene rings is 1. The zero-order valence-electron chi connectivity index (χ0n) is 9.76. The first-order chi connectivity index (χ1) is 8.97. The molecule has 0 saturated carbocycles. The Morgan fingerprint density at radius 3 is 2.53 bits per heavy atom. The molecule has 0 fully saturated rings. The number of hydrogen-bond donors (Lipinski definition) is 0. The van der Waals surface area contributed by atoms with Crippen LogP contribution in [0, 0.1) is 0 Å². The molecule has 0 unspecified atom stereocenters. The van der Waals surface area contributed by atoms with Gasteiger partial charge in [-0.3, -0.25) is 4.79 Å². The Labute approximate surface area is 125 Å². The second-order valence-electron chi connectivity index (χ2n) is 3.90. The van der Waals surface area contributed by atoms with Crippen LogP contribution < -0.4 is 4.57 Å². The fraction of sp³-hybridized carbons (Fsp3) is 0.154. The fourth-order valence-electron chi connectivity index (χ4n) is 1.56. The highest BCUT2D eigenvalue weighted by atomic mass is 35.6. The van der Waals surface area contributed by atoms with E-state index in [0.29, 0.717) is 5.56 Å². The second kappa shape index (κ2) is 5.87. The van der Waals surface area contributed by atoms with E-state index < -0.39 is 3.79 Å². The highest BCUT2D eigenvalue weighted by Crippen LogP contribution is 2.35. The Morgan fingerprint density at radius 2 is 1.89 bits per heavy atom. The van der Waals surface area contributed by atoms with Crippen LogP contribution in [0.15, 0.2) is 48.9 Å². The van der Waals surface area contributed by atoms with E-state index in [9.17, 15) is 4.79 Å². The highest BCUT2D eigenvalue weighted by molar-refractivity contribution is 6.66. The summed E-state index contributed by atoms with van der Waals surface area (Å²) in [4.78, 5) is 16.0. The van der Waals surface area contributed by atoms with Gasteiger partial charge in [-0.15, -0.1) is 0 Å². The number of carbonyl (C=O) groups is 1. The molecule has 0 atom stereocenters. The lowest BCUT2D eigenvalue weighted by Gasteiger charge is -2.07. The molecule has 0 radical (unpaired) electrons. The van der Waals surface area contributed by atoms with Crippen LogP contribution in [0.5, 0.6) is 0 Å². The van der Waals surface area contributed by atoms with Crippen molar-refractivity contribution in [1.29, 1.82) is 0 Å². The quantitative estimate of drug-likeness (QED) is 0.495. The normalized spacial score (nSPS) is 11.3. The van der Waals surface area contributed by atoms with Crippen LogP contribution in [0.4, 0.5) is 0 Å². The summed E-state index contributed by atoms with van der Waals surface area (Å²) < 4.78 is 0.0400. The molecule has 0 aliphatic rings. The molecular weight excluding hydrogens is 307 g/mol. The van der Waals surface area contributed by atoms with Crippen molar-refractivity contribution < 1.29 is 9.36 Å². The highest BCUT2D eigenvalue weighted by Gasteiger charge is 2.28. The van der Waals surface area contributed by atoms with Crippen molar-refractivity contribution in [1.82, 2.24) is 4.98 Å². The molecule has 0 aliphatic carbocycles. The first-order valence-electron chi connectivity index (χ1n) is 5.47. The molecule has 1 aromatic carbocycles. The van der Waals surface area contributed by atoms with Crippen molar-refractivity contribution in [2.75, 3.05) is 0 Å². The van der Waals surface area contributed by atoms with Gasteiger partial charge in [-0.25, -0.2) is 4.98 Å². The summed E-state index contributed by atoms with van der Waals surface area (Å²) in [6.45, 7) is 0.167. The standard InChI is InChI=1S/C13H10Cl3N2O/c14-13(15,16)12-9-18(7-6-17-12)8-11(19)10-4-2-1-3-5-10/h1-7,9H,8H2/q+1. The average molecular weight is 317 g/mol. The van der Waals surface area contributed by atoms with E-state index in [0.717, 1.165) is 0 Å². The summed E-state index contributed by atoms with van der Waals surface area (Å²) in [7, 11) is 0. The molecule has 2 aromatic rings. The lowest BCUT2D eigenvalue weighted by molar-refractivity contribution is -0.684. The molecule has 6 heteroatoms. The summed E-state index contributed by atoms with van der Waals surface area (Å²) in [5, 5.41) is 0. The fourth-order valence-corrected chi connectivity index (χ4v) is 1.85. The van der Waals surface area contributed by atoms with E-state index in [1.807, 2.05) is 18.2 Å². The van der Waals surface area contributed by atoms with Gasteiger partial charge in [0.25, 0.3) is 0 Å². The third kappa shape index (κ3) is 3.90. The minimum Gasteiger partial charge on any atom is -0.287 e. The van der Waals surface area contributed by atoms with Crippen LogP contribution in [0.25, 0.3) is 0 Å². The van der Waals surface area contributed by atoms with Crippen molar-refractivity contribution in [2.45, 2.75) is 10.3 Å². The summed E-state index contributed by atoms with van der Waals surface area (Å²) in [6, 6.07) is 9.02. The minimum atomic E-state index is -1.60. The molecule has 0 spiro atoms. The Morgan fingerprint density at radius 1 is 1.21 bits per heavy atom. The summed E-state index contributed by atoms with van der Waals surface area (Å²) in [6.07, 6.45) is 4.70. The Kier molecular flexibility index (Phi) is 4.40. The molecule has 3 nitrogen and oxygen atoms in total. The number of ketones is 1. The molecule has 19 heavy (non-hydrogen) atoms. The topological polar surface area (TPSA) is 33.8 Å². The average Bonchev–Trinajstić information content (AvgIpc) is 2.39. The predicted molar refractivity (Wildman–Crippen MR) is 74.4 cm³/mol.